The van der Waals surface area contributed by atoms with Crippen LogP contribution in [0.4, 0.5) is 0 Å². The molecule has 0 bridgehead atoms. The quantitative estimate of drug-likeness (QED) is 0.833. The number of para-hydroxylation sites is 2. The molecule has 0 aromatic heterocycles. The van der Waals surface area contributed by atoms with E-state index < -0.39 is 0 Å². The Morgan fingerprint density at radius 1 is 1.15 bits per heavy atom. The molecule has 1 fully saturated rings. The van der Waals surface area contributed by atoms with Crippen LogP contribution in [0.25, 0.3) is 0 Å². The molecule has 5 nitrogen and oxygen atoms in total. The number of likely N-dealkylation sites (N-methyl/N-ethyl adjacent to an activating group) is 1. The average molecular weight is 366 g/mol. The van der Waals surface area contributed by atoms with E-state index >= 15 is 0 Å². The number of ether oxygens (including phenoxy) is 2. The van der Waals surface area contributed by atoms with Gasteiger partial charge in [-0.25, -0.2) is 0 Å². The van der Waals surface area contributed by atoms with Crippen molar-refractivity contribution in [1.29, 1.82) is 0 Å². The minimum Gasteiger partial charge on any atom is -0.485 e. The minimum atomic E-state index is -0.0747. The molecule has 0 aliphatic carbocycles. The molecule has 2 aromatic rings. The zero-order valence-corrected chi connectivity index (χ0v) is 15.9. The van der Waals surface area contributed by atoms with Gasteiger partial charge in [0.1, 0.15) is 6.61 Å². The molecule has 142 valence electrons. The van der Waals surface area contributed by atoms with Gasteiger partial charge in [-0.05, 0) is 29.7 Å². The van der Waals surface area contributed by atoms with Gasteiger partial charge in [-0.2, -0.15) is 0 Å². The van der Waals surface area contributed by atoms with Crippen LogP contribution in [0, 0.1) is 0 Å². The molecule has 0 spiro atoms. The van der Waals surface area contributed by atoms with Gasteiger partial charge in [0.15, 0.2) is 17.6 Å². The first kappa shape index (κ1) is 17.9. The molecule has 1 saturated heterocycles. The first-order valence-corrected chi connectivity index (χ1v) is 9.53. The predicted molar refractivity (Wildman–Crippen MR) is 104 cm³/mol. The maximum absolute atomic E-state index is 11.5. The largest absolute Gasteiger partial charge is 0.485 e. The highest BCUT2D eigenvalue weighted by atomic mass is 16.6. The highest BCUT2D eigenvalue weighted by molar-refractivity contribution is 5.73. The summed E-state index contributed by atoms with van der Waals surface area (Å²) in [4.78, 5) is 15.8. The van der Waals surface area contributed by atoms with Gasteiger partial charge in [-0.1, -0.05) is 36.4 Å². The van der Waals surface area contributed by atoms with Crippen LogP contribution in [0.1, 0.15) is 30.6 Å². The summed E-state index contributed by atoms with van der Waals surface area (Å²) in [5.41, 5.74) is 2.41. The number of fused-ring (bicyclic) bond motifs is 1. The van der Waals surface area contributed by atoms with Gasteiger partial charge in [0.25, 0.3) is 0 Å². The van der Waals surface area contributed by atoms with E-state index in [4.69, 9.17) is 9.47 Å². The second-order valence-corrected chi connectivity index (χ2v) is 7.41. The Morgan fingerprint density at radius 3 is 2.63 bits per heavy atom. The lowest BCUT2D eigenvalue weighted by molar-refractivity contribution is -0.129. The number of hydrogen-bond acceptors (Lipinski definition) is 4. The number of benzene rings is 2. The minimum absolute atomic E-state index is 0.0747. The fourth-order valence-corrected chi connectivity index (χ4v) is 3.81. The van der Waals surface area contributed by atoms with Crippen LogP contribution in [0.15, 0.2) is 48.5 Å². The number of hydrogen-bond donors (Lipinski definition) is 0. The second-order valence-electron chi connectivity index (χ2n) is 7.41. The van der Waals surface area contributed by atoms with Crippen molar-refractivity contribution in [3.63, 3.8) is 0 Å². The molecular weight excluding hydrogens is 340 g/mol. The lowest BCUT2D eigenvalue weighted by atomic mass is 10.1. The van der Waals surface area contributed by atoms with Crippen molar-refractivity contribution in [2.45, 2.75) is 32.0 Å². The van der Waals surface area contributed by atoms with E-state index in [1.54, 1.807) is 6.92 Å². The normalized spacial score (nSPS) is 21.9. The van der Waals surface area contributed by atoms with E-state index in [-0.39, 0.29) is 12.0 Å². The molecular formula is C22H26N2O3. The van der Waals surface area contributed by atoms with Gasteiger partial charge in [0.05, 0.1) is 0 Å². The number of carbonyl (C=O) groups is 1. The maximum Gasteiger partial charge on any atom is 0.219 e. The van der Waals surface area contributed by atoms with Crippen molar-refractivity contribution in [3.8, 4) is 11.5 Å². The van der Waals surface area contributed by atoms with E-state index in [2.05, 4.69) is 29.2 Å². The third-order valence-electron chi connectivity index (χ3n) is 5.56. The smallest absolute Gasteiger partial charge is 0.219 e. The second kappa shape index (κ2) is 7.61. The number of likely N-dealkylation sites (tertiary alicyclic amines) is 1. The molecule has 0 N–H and O–H groups in total. The lowest BCUT2D eigenvalue weighted by Crippen LogP contribution is -2.37. The molecule has 1 amide bonds. The van der Waals surface area contributed by atoms with Gasteiger partial charge >= 0.3 is 0 Å². The van der Waals surface area contributed by atoms with Crippen LogP contribution >= 0.6 is 0 Å². The summed E-state index contributed by atoms with van der Waals surface area (Å²) in [6.45, 7) is 5.04. The topological polar surface area (TPSA) is 42.0 Å². The van der Waals surface area contributed by atoms with Crippen molar-refractivity contribution in [3.05, 3.63) is 59.7 Å². The average Bonchev–Trinajstić information content (AvgIpc) is 3.16. The molecule has 2 aliphatic rings. The van der Waals surface area contributed by atoms with Crippen molar-refractivity contribution in [2.75, 3.05) is 26.7 Å². The van der Waals surface area contributed by atoms with Gasteiger partial charge in [-0.15, -0.1) is 0 Å². The van der Waals surface area contributed by atoms with Crippen molar-refractivity contribution < 1.29 is 14.3 Å². The van der Waals surface area contributed by atoms with Crippen LogP contribution in [0.2, 0.25) is 0 Å². The van der Waals surface area contributed by atoms with Crippen LogP contribution in [-0.2, 0) is 11.3 Å². The van der Waals surface area contributed by atoms with Crippen LogP contribution in [-0.4, -0.2) is 48.5 Å². The Hall–Kier alpha value is -2.53. The molecule has 2 heterocycles. The molecule has 0 saturated carbocycles. The van der Waals surface area contributed by atoms with E-state index in [1.807, 2.05) is 36.2 Å². The Kier molecular flexibility index (Phi) is 5.03. The Bertz CT molecular complexity index is 805. The Balaban J connectivity index is 1.35. The predicted octanol–water partition coefficient (Wildman–Crippen LogP) is 3.25. The molecule has 0 radical (unpaired) electrons. The van der Waals surface area contributed by atoms with Gasteiger partial charge in [0.2, 0.25) is 5.91 Å². The van der Waals surface area contributed by atoms with E-state index in [0.717, 1.165) is 43.1 Å². The number of rotatable bonds is 4. The fourth-order valence-electron chi connectivity index (χ4n) is 3.81. The molecule has 5 heteroatoms. The number of carbonyl (C=O) groups excluding carboxylic acids is 1. The summed E-state index contributed by atoms with van der Waals surface area (Å²) in [5, 5.41) is 0. The SMILES string of the molecule is CC(=O)N(C)C1CCN(Cc2ccc(C3COc4ccccc4O3)cc2)C1. The van der Waals surface area contributed by atoms with Crippen LogP contribution < -0.4 is 9.47 Å². The maximum atomic E-state index is 11.5. The van der Waals surface area contributed by atoms with Crippen molar-refractivity contribution in [2.24, 2.45) is 0 Å². The summed E-state index contributed by atoms with van der Waals surface area (Å²) >= 11 is 0. The standard InChI is InChI=1S/C22H26N2O3/c1-16(25)23(2)19-11-12-24(14-19)13-17-7-9-18(10-8-17)22-15-26-20-5-3-4-6-21(20)27-22/h3-10,19,22H,11-15H2,1-2H3. The number of amides is 1. The van der Waals surface area contributed by atoms with E-state index in [9.17, 15) is 4.79 Å². The van der Waals surface area contributed by atoms with E-state index in [1.165, 1.54) is 5.56 Å². The summed E-state index contributed by atoms with van der Waals surface area (Å²) in [6, 6.07) is 16.7. The van der Waals surface area contributed by atoms with Gasteiger partial charge in [0, 0.05) is 39.6 Å². The van der Waals surface area contributed by atoms with Crippen LogP contribution in [0.3, 0.4) is 0 Å². The fraction of sp³-hybridized carbons (Fsp3) is 0.409. The summed E-state index contributed by atoms with van der Waals surface area (Å²) in [6.07, 6.45) is 0.968. The number of nitrogens with zero attached hydrogens (tertiary/aromatic N) is 2. The molecule has 2 atom stereocenters. The molecule has 2 aromatic carbocycles. The monoisotopic (exact) mass is 366 g/mol. The van der Waals surface area contributed by atoms with Crippen molar-refractivity contribution in [1.82, 2.24) is 9.80 Å². The third-order valence-corrected chi connectivity index (χ3v) is 5.56. The zero-order valence-electron chi connectivity index (χ0n) is 15.9. The third kappa shape index (κ3) is 3.93. The van der Waals surface area contributed by atoms with Crippen LogP contribution in [0.5, 0.6) is 11.5 Å². The zero-order chi connectivity index (χ0) is 18.8. The lowest BCUT2D eigenvalue weighted by Gasteiger charge is -2.27. The summed E-state index contributed by atoms with van der Waals surface area (Å²) in [5.74, 6) is 1.75. The van der Waals surface area contributed by atoms with E-state index in [0.29, 0.717) is 12.6 Å². The Morgan fingerprint density at radius 2 is 1.89 bits per heavy atom. The van der Waals surface area contributed by atoms with Gasteiger partial charge in [-0.3, -0.25) is 9.69 Å². The Labute approximate surface area is 160 Å². The highest BCUT2D eigenvalue weighted by Crippen LogP contribution is 2.35. The summed E-state index contributed by atoms with van der Waals surface area (Å²) < 4.78 is 11.9. The van der Waals surface area contributed by atoms with Crippen molar-refractivity contribution >= 4 is 5.91 Å². The first-order valence-electron chi connectivity index (χ1n) is 9.53. The molecule has 2 unspecified atom stereocenters. The molecule has 4 rings (SSSR count). The molecule has 2 aliphatic heterocycles. The highest BCUT2D eigenvalue weighted by Gasteiger charge is 2.27. The molecule has 27 heavy (non-hydrogen) atoms. The summed E-state index contributed by atoms with van der Waals surface area (Å²) in [7, 11) is 1.90. The first-order chi connectivity index (χ1) is 13.1. The van der Waals surface area contributed by atoms with Gasteiger partial charge < -0.3 is 14.4 Å².